The van der Waals surface area contributed by atoms with Crippen LogP contribution in [0.15, 0.2) is 36.7 Å². The van der Waals surface area contributed by atoms with E-state index in [9.17, 15) is 9.59 Å². The van der Waals surface area contributed by atoms with E-state index in [2.05, 4.69) is 9.84 Å². The van der Waals surface area contributed by atoms with Crippen molar-refractivity contribution < 1.29 is 19.1 Å². The fraction of sp³-hybridized carbons (Fsp3) is 0.211. The highest BCUT2D eigenvalue weighted by molar-refractivity contribution is 5.99. The van der Waals surface area contributed by atoms with Crippen LogP contribution in [0, 0.1) is 0 Å². The highest BCUT2D eigenvalue weighted by atomic mass is 16.5. The van der Waals surface area contributed by atoms with Crippen LogP contribution >= 0.6 is 0 Å². The smallest absolute Gasteiger partial charge is 0.340 e. The third-order valence-corrected chi connectivity index (χ3v) is 4.12. The van der Waals surface area contributed by atoms with E-state index in [1.165, 1.54) is 26.5 Å². The topological polar surface area (TPSA) is 73.1 Å². The second-order valence-corrected chi connectivity index (χ2v) is 5.52. The van der Waals surface area contributed by atoms with E-state index in [1.807, 2.05) is 42.2 Å². The van der Waals surface area contributed by atoms with E-state index in [0.717, 1.165) is 22.5 Å². The molecule has 2 aromatic heterocycles. The molecule has 0 aliphatic heterocycles. The van der Waals surface area contributed by atoms with Gasteiger partial charge in [-0.15, -0.1) is 0 Å². The van der Waals surface area contributed by atoms with Crippen molar-refractivity contribution in [2.45, 2.75) is 6.92 Å². The van der Waals surface area contributed by atoms with Crippen LogP contribution in [0.4, 0.5) is 5.82 Å². The van der Waals surface area contributed by atoms with Gasteiger partial charge in [-0.25, -0.2) is 14.1 Å². The molecule has 0 amide bonds. The molecule has 0 spiro atoms. The van der Waals surface area contributed by atoms with E-state index in [-0.39, 0.29) is 0 Å². The van der Waals surface area contributed by atoms with Crippen molar-refractivity contribution >= 4 is 35.4 Å². The number of allylic oxidation sites excluding steroid dienone is 2. The standard InChI is InChI=1S/C19H19N3O4/c1-4-21(10-9-17(23)25-2)16-11-13-7-5-6-8-14-15(19(24)26-3)12-20-22(16)18(13)14/h5-12H,4H2,1-3H3/b10-9+. The van der Waals surface area contributed by atoms with Gasteiger partial charge in [-0.2, -0.15) is 5.10 Å². The molecule has 3 rings (SSSR count). The zero-order valence-electron chi connectivity index (χ0n) is 14.8. The van der Waals surface area contributed by atoms with Crippen molar-refractivity contribution in [3.8, 4) is 0 Å². The normalized spacial score (nSPS) is 12.4. The van der Waals surface area contributed by atoms with Crippen LogP contribution in [0.5, 0.6) is 0 Å². The number of esters is 2. The number of ether oxygens (including phenoxy) is 2. The summed E-state index contributed by atoms with van der Waals surface area (Å²) < 4.78 is 11.3. The second-order valence-electron chi connectivity index (χ2n) is 5.52. The third-order valence-electron chi connectivity index (χ3n) is 4.12. The SMILES string of the molecule is CCN(/C=C/C(=O)OC)c1cc2c3c(c(C(=O)OC)cnn13)C=CC=C2. The molecule has 0 bridgehead atoms. The van der Waals surface area contributed by atoms with Gasteiger partial charge in [0.15, 0.2) is 0 Å². The molecule has 1 aliphatic carbocycles. The van der Waals surface area contributed by atoms with E-state index in [1.54, 1.807) is 10.7 Å². The number of hydrogen-bond acceptors (Lipinski definition) is 6. The minimum Gasteiger partial charge on any atom is -0.466 e. The molecule has 0 N–H and O–H groups in total. The van der Waals surface area contributed by atoms with E-state index < -0.39 is 11.9 Å². The quantitative estimate of drug-likeness (QED) is 0.608. The lowest BCUT2D eigenvalue weighted by molar-refractivity contribution is -0.134. The monoisotopic (exact) mass is 353 g/mol. The molecule has 1 aliphatic rings. The molecular formula is C19H19N3O4. The van der Waals surface area contributed by atoms with Crippen molar-refractivity contribution in [3.63, 3.8) is 0 Å². The number of carbonyl (C=O) groups excluding carboxylic acids is 2. The summed E-state index contributed by atoms with van der Waals surface area (Å²) in [5, 5.41) is 4.43. The van der Waals surface area contributed by atoms with Crippen LogP contribution < -0.4 is 4.90 Å². The summed E-state index contributed by atoms with van der Waals surface area (Å²) in [5.74, 6) is -0.0986. The molecule has 2 aromatic rings. The minimum absolute atomic E-state index is 0.402. The van der Waals surface area contributed by atoms with Crippen LogP contribution in [-0.4, -0.2) is 42.3 Å². The van der Waals surface area contributed by atoms with Gasteiger partial charge in [-0.1, -0.05) is 24.3 Å². The maximum absolute atomic E-state index is 12.1. The van der Waals surface area contributed by atoms with Gasteiger partial charge in [0.25, 0.3) is 0 Å². The highest BCUT2D eigenvalue weighted by Gasteiger charge is 2.21. The Labute approximate surface area is 150 Å². The first-order valence-corrected chi connectivity index (χ1v) is 8.11. The summed E-state index contributed by atoms with van der Waals surface area (Å²) >= 11 is 0. The van der Waals surface area contributed by atoms with Gasteiger partial charge in [0.05, 0.1) is 31.5 Å². The number of hydrogen-bond donors (Lipinski definition) is 0. The molecular weight excluding hydrogens is 334 g/mol. The number of anilines is 1. The highest BCUT2D eigenvalue weighted by Crippen LogP contribution is 2.31. The van der Waals surface area contributed by atoms with Crippen molar-refractivity contribution in [2.24, 2.45) is 0 Å². The summed E-state index contributed by atoms with van der Waals surface area (Å²) in [7, 11) is 2.68. The second kappa shape index (κ2) is 7.26. The fourth-order valence-corrected chi connectivity index (χ4v) is 2.85. The number of rotatable bonds is 5. The van der Waals surface area contributed by atoms with Crippen LogP contribution in [0.25, 0.3) is 17.7 Å². The Hall–Kier alpha value is -3.35. The van der Waals surface area contributed by atoms with Gasteiger partial charge in [-0.05, 0) is 13.0 Å². The lowest BCUT2D eigenvalue weighted by atomic mass is 10.1. The fourth-order valence-electron chi connectivity index (χ4n) is 2.85. The van der Waals surface area contributed by atoms with Crippen molar-refractivity contribution in [1.29, 1.82) is 0 Å². The van der Waals surface area contributed by atoms with Crippen molar-refractivity contribution in [1.82, 2.24) is 9.61 Å². The number of aromatic nitrogens is 2. The first-order valence-electron chi connectivity index (χ1n) is 8.11. The molecule has 26 heavy (non-hydrogen) atoms. The maximum Gasteiger partial charge on any atom is 0.340 e. The number of methoxy groups -OCH3 is 2. The van der Waals surface area contributed by atoms with Crippen molar-refractivity contribution in [2.75, 3.05) is 25.7 Å². The Morgan fingerprint density at radius 1 is 1.23 bits per heavy atom. The van der Waals surface area contributed by atoms with E-state index in [0.29, 0.717) is 12.1 Å². The molecule has 7 nitrogen and oxygen atoms in total. The molecule has 134 valence electrons. The lowest BCUT2D eigenvalue weighted by Gasteiger charge is -2.17. The van der Waals surface area contributed by atoms with Gasteiger partial charge in [-0.3, -0.25) is 0 Å². The van der Waals surface area contributed by atoms with Crippen LogP contribution in [0.1, 0.15) is 28.4 Å². The van der Waals surface area contributed by atoms with Crippen LogP contribution in [0.2, 0.25) is 0 Å². The summed E-state index contributed by atoms with van der Waals surface area (Å²) in [5.41, 5.74) is 2.87. The predicted octanol–water partition coefficient (Wildman–Crippen LogP) is 2.67. The largest absolute Gasteiger partial charge is 0.466 e. The summed E-state index contributed by atoms with van der Waals surface area (Å²) in [6, 6.07) is 1.96. The molecule has 7 heteroatoms. The molecule has 0 saturated carbocycles. The molecule has 2 heterocycles. The van der Waals surface area contributed by atoms with Crippen molar-refractivity contribution in [3.05, 3.63) is 53.4 Å². The maximum atomic E-state index is 12.1. The Morgan fingerprint density at radius 3 is 2.69 bits per heavy atom. The predicted molar refractivity (Wildman–Crippen MR) is 98.8 cm³/mol. The molecule has 0 radical (unpaired) electrons. The lowest BCUT2D eigenvalue weighted by Crippen LogP contribution is -2.18. The molecule has 0 saturated heterocycles. The Bertz CT molecular complexity index is 953. The number of carbonyl (C=O) groups is 2. The molecule has 0 aromatic carbocycles. The van der Waals surface area contributed by atoms with Gasteiger partial charge in [0.2, 0.25) is 0 Å². The van der Waals surface area contributed by atoms with E-state index >= 15 is 0 Å². The zero-order valence-corrected chi connectivity index (χ0v) is 14.8. The average molecular weight is 353 g/mol. The Morgan fingerprint density at radius 2 is 2.00 bits per heavy atom. The van der Waals surface area contributed by atoms with E-state index in [4.69, 9.17) is 4.74 Å². The molecule has 0 fully saturated rings. The first-order chi connectivity index (χ1) is 12.6. The first kappa shape index (κ1) is 17.5. The Kier molecular flexibility index (Phi) is 4.88. The Balaban J connectivity index is 2.19. The van der Waals surface area contributed by atoms with Crippen LogP contribution in [0.3, 0.4) is 0 Å². The summed E-state index contributed by atoms with van der Waals surface area (Å²) in [6.07, 6.45) is 12.1. The van der Waals surface area contributed by atoms with Gasteiger partial charge in [0.1, 0.15) is 5.82 Å². The van der Waals surface area contributed by atoms with Gasteiger partial charge in [0, 0.05) is 29.9 Å². The van der Waals surface area contributed by atoms with Gasteiger partial charge < -0.3 is 14.4 Å². The average Bonchev–Trinajstić information content (AvgIpc) is 2.89. The minimum atomic E-state index is -0.437. The number of nitrogens with zero attached hydrogens (tertiary/aromatic N) is 3. The van der Waals surface area contributed by atoms with Crippen LogP contribution in [-0.2, 0) is 14.3 Å². The van der Waals surface area contributed by atoms with Gasteiger partial charge >= 0.3 is 11.9 Å². The summed E-state index contributed by atoms with van der Waals surface area (Å²) in [4.78, 5) is 25.4. The summed E-state index contributed by atoms with van der Waals surface area (Å²) in [6.45, 7) is 2.58. The molecule has 0 atom stereocenters. The molecule has 0 unspecified atom stereocenters. The zero-order chi connectivity index (χ0) is 18.7. The third kappa shape index (κ3) is 2.99.